The Bertz CT molecular complexity index is 1230. The van der Waals surface area contributed by atoms with Crippen LogP contribution in [-0.2, 0) is 31.1 Å². The number of benzene rings is 4. The lowest BCUT2D eigenvalue weighted by atomic mass is 9.68. The first kappa shape index (κ1) is 25.4. The van der Waals surface area contributed by atoms with E-state index in [1.807, 2.05) is 109 Å². The highest BCUT2D eigenvalue weighted by Crippen LogP contribution is 2.39. The normalized spacial score (nSPS) is 11.8. The minimum absolute atomic E-state index is 0.0158. The Kier molecular flexibility index (Phi) is 8.11. The summed E-state index contributed by atoms with van der Waals surface area (Å²) in [4.78, 5) is 38.9. The molecule has 6 nitrogen and oxygen atoms in total. The Morgan fingerprint density at radius 1 is 0.676 bits per heavy atom. The van der Waals surface area contributed by atoms with E-state index in [0.717, 1.165) is 5.56 Å². The van der Waals surface area contributed by atoms with Gasteiger partial charge >= 0.3 is 11.9 Å². The third-order valence-electron chi connectivity index (χ3n) is 6.18. The molecule has 0 bridgehead atoms. The van der Waals surface area contributed by atoms with Crippen molar-refractivity contribution in [2.75, 3.05) is 0 Å². The minimum atomic E-state index is -1.48. The molecule has 0 unspecified atom stereocenters. The topological polar surface area (TPSA) is 92.7 Å². The number of carbonyl (C=O) groups is 3. The van der Waals surface area contributed by atoms with Crippen molar-refractivity contribution < 1.29 is 24.2 Å². The average molecular weight is 494 g/mol. The van der Waals surface area contributed by atoms with Crippen molar-refractivity contribution in [1.82, 2.24) is 5.32 Å². The highest BCUT2D eigenvalue weighted by Gasteiger charge is 2.45. The van der Waals surface area contributed by atoms with Crippen LogP contribution in [0, 0.1) is 0 Å². The van der Waals surface area contributed by atoms with E-state index in [-0.39, 0.29) is 6.61 Å². The van der Waals surface area contributed by atoms with Crippen LogP contribution in [0.15, 0.2) is 121 Å². The Hall–Kier alpha value is -4.71. The lowest BCUT2D eigenvalue weighted by Gasteiger charge is -2.35. The molecule has 0 radical (unpaired) electrons. The molecule has 4 rings (SSSR count). The summed E-state index contributed by atoms with van der Waals surface area (Å²) in [6, 6.07) is 35.2. The smallest absolute Gasteiger partial charge is 0.326 e. The summed E-state index contributed by atoms with van der Waals surface area (Å²) < 4.78 is 5.28. The number of rotatable bonds is 10. The van der Waals surface area contributed by atoms with E-state index in [0.29, 0.717) is 16.7 Å². The molecule has 0 spiro atoms. The Morgan fingerprint density at radius 2 is 1.08 bits per heavy atom. The molecule has 1 amide bonds. The van der Waals surface area contributed by atoms with Crippen molar-refractivity contribution in [3.8, 4) is 0 Å². The first-order valence-electron chi connectivity index (χ1n) is 11.9. The molecule has 0 fully saturated rings. The standard InChI is InChI=1S/C31H27NO5/c33-28(37-22-23-13-5-1-6-14-23)21-27(29(34)35)32-30(36)31(24-15-7-2-8-16-24,25-17-9-3-10-18-25)26-19-11-4-12-20-26/h1-20,27H,21-22H2,(H,32,36)(H,34,35)/t27-/m0/s1. The summed E-state index contributed by atoms with van der Waals surface area (Å²) in [6.07, 6.45) is -0.512. The Labute approximate surface area is 215 Å². The number of carboxylic acids is 1. The van der Waals surface area contributed by atoms with E-state index in [1.165, 1.54) is 0 Å². The number of hydrogen-bond donors (Lipinski definition) is 2. The Balaban J connectivity index is 1.68. The van der Waals surface area contributed by atoms with Crippen LogP contribution in [0.1, 0.15) is 28.7 Å². The number of ether oxygens (including phenoxy) is 1. The highest BCUT2D eigenvalue weighted by atomic mass is 16.5. The molecule has 4 aromatic rings. The third kappa shape index (κ3) is 5.76. The van der Waals surface area contributed by atoms with E-state index in [4.69, 9.17) is 4.74 Å². The second-order valence-electron chi connectivity index (χ2n) is 8.56. The second-order valence-corrected chi connectivity index (χ2v) is 8.56. The fourth-order valence-corrected chi connectivity index (χ4v) is 4.39. The second kappa shape index (κ2) is 11.8. The van der Waals surface area contributed by atoms with Crippen LogP contribution in [0.25, 0.3) is 0 Å². The molecule has 0 aliphatic rings. The van der Waals surface area contributed by atoms with Crippen LogP contribution in [0.3, 0.4) is 0 Å². The van der Waals surface area contributed by atoms with Gasteiger partial charge in [0.05, 0.1) is 6.42 Å². The van der Waals surface area contributed by atoms with Crippen molar-refractivity contribution in [2.45, 2.75) is 24.5 Å². The van der Waals surface area contributed by atoms with Crippen molar-refractivity contribution in [3.05, 3.63) is 144 Å². The first-order valence-corrected chi connectivity index (χ1v) is 11.9. The fraction of sp³-hybridized carbons (Fsp3) is 0.129. The van der Waals surface area contributed by atoms with Crippen LogP contribution in [-0.4, -0.2) is 29.0 Å². The zero-order valence-electron chi connectivity index (χ0n) is 20.1. The SMILES string of the molecule is O=C(C[C@H](NC(=O)C(c1ccccc1)(c1ccccc1)c1ccccc1)C(=O)O)OCc1ccccc1. The van der Waals surface area contributed by atoms with E-state index < -0.39 is 35.7 Å². The average Bonchev–Trinajstić information content (AvgIpc) is 2.94. The van der Waals surface area contributed by atoms with Gasteiger partial charge in [0, 0.05) is 0 Å². The molecule has 0 heterocycles. The number of carboxylic acid groups (broad SMARTS) is 1. The monoisotopic (exact) mass is 493 g/mol. The number of amides is 1. The fourth-order valence-electron chi connectivity index (χ4n) is 4.39. The van der Waals surface area contributed by atoms with Gasteiger partial charge in [-0.1, -0.05) is 121 Å². The Morgan fingerprint density at radius 3 is 1.49 bits per heavy atom. The zero-order chi connectivity index (χ0) is 26.1. The summed E-state index contributed by atoms with van der Waals surface area (Å²) in [5, 5.41) is 12.6. The van der Waals surface area contributed by atoms with Gasteiger partial charge in [0.15, 0.2) is 0 Å². The van der Waals surface area contributed by atoms with Gasteiger partial charge in [-0.05, 0) is 22.3 Å². The molecular weight excluding hydrogens is 466 g/mol. The number of nitrogens with one attached hydrogen (secondary N) is 1. The summed E-state index contributed by atoms with van der Waals surface area (Å²) in [5.41, 5.74) is 1.43. The van der Waals surface area contributed by atoms with Gasteiger partial charge in [0.1, 0.15) is 18.1 Å². The quantitative estimate of drug-likeness (QED) is 0.246. The summed E-state index contributed by atoms with van der Waals surface area (Å²) in [5.74, 6) is -2.60. The van der Waals surface area contributed by atoms with Crippen molar-refractivity contribution in [3.63, 3.8) is 0 Å². The summed E-state index contributed by atoms with van der Waals surface area (Å²) >= 11 is 0. The molecule has 0 aromatic heterocycles. The van der Waals surface area contributed by atoms with Gasteiger partial charge < -0.3 is 15.2 Å². The van der Waals surface area contributed by atoms with Crippen LogP contribution in [0.5, 0.6) is 0 Å². The largest absolute Gasteiger partial charge is 0.480 e. The van der Waals surface area contributed by atoms with Crippen LogP contribution < -0.4 is 5.32 Å². The molecule has 0 aliphatic carbocycles. The maximum Gasteiger partial charge on any atom is 0.326 e. The van der Waals surface area contributed by atoms with E-state index in [1.54, 1.807) is 12.1 Å². The maximum atomic E-state index is 14.2. The van der Waals surface area contributed by atoms with Crippen LogP contribution in [0.4, 0.5) is 0 Å². The van der Waals surface area contributed by atoms with Crippen molar-refractivity contribution in [1.29, 1.82) is 0 Å². The minimum Gasteiger partial charge on any atom is -0.480 e. The maximum absolute atomic E-state index is 14.2. The van der Waals surface area contributed by atoms with Crippen molar-refractivity contribution >= 4 is 17.8 Å². The molecule has 0 saturated heterocycles. The predicted molar refractivity (Wildman–Crippen MR) is 140 cm³/mol. The van der Waals surface area contributed by atoms with Gasteiger partial charge in [0.2, 0.25) is 5.91 Å². The van der Waals surface area contributed by atoms with Gasteiger partial charge in [-0.2, -0.15) is 0 Å². The molecule has 6 heteroatoms. The summed E-state index contributed by atoms with van der Waals surface area (Å²) in [6.45, 7) is 0.0158. The number of esters is 1. The van der Waals surface area contributed by atoms with Crippen LogP contribution in [0.2, 0.25) is 0 Å². The van der Waals surface area contributed by atoms with E-state index in [2.05, 4.69) is 5.32 Å². The van der Waals surface area contributed by atoms with Gasteiger partial charge in [-0.3, -0.25) is 9.59 Å². The number of hydrogen-bond acceptors (Lipinski definition) is 4. The highest BCUT2D eigenvalue weighted by molar-refractivity contribution is 5.98. The molecule has 37 heavy (non-hydrogen) atoms. The number of aliphatic carboxylic acids is 1. The lowest BCUT2D eigenvalue weighted by molar-refractivity contribution is -0.151. The molecule has 2 N–H and O–H groups in total. The molecular formula is C31H27NO5. The zero-order valence-corrected chi connectivity index (χ0v) is 20.1. The van der Waals surface area contributed by atoms with E-state index >= 15 is 0 Å². The first-order chi connectivity index (χ1) is 18.0. The molecule has 186 valence electrons. The molecule has 1 atom stereocenters. The van der Waals surface area contributed by atoms with Gasteiger partial charge in [0.25, 0.3) is 0 Å². The van der Waals surface area contributed by atoms with Crippen molar-refractivity contribution in [2.24, 2.45) is 0 Å². The predicted octanol–water partition coefficient (Wildman–Crippen LogP) is 4.72. The molecule has 0 aliphatic heterocycles. The molecule has 4 aromatic carbocycles. The van der Waals surface area contributed by atoms with Crippen LogP contribution >= 0.6 is 0 Å². The number of carbonyl (C=O) groups excluding carboxylic acids is 2. The third-order valence-corrected chi connectivity index (χ3v) is 6.18. The van der Waals surface area contributed by atoms with Gasteiger partial charge in [-0.25, -0.2) is 4.79 Å². The molecule has 0 saturated carbocycles. The lowest BCUT2D eigenvalue weighted by Crippen LogP contribution is -2.52. The summed E-state index contributed by atoms with van der Waals surface area (Å²) in [7, 11) is 0. The van der Waals surface area contributed by atoms with E-state index in [9.17, 15) is 19.5 Å². The van der Waals surface area contributed by atoms with Gasteiger partial charge in [-0.15, -0.1) is 0 Å².